The van der Waals surface area contributed by atoms with Crippen molar-refractivity contribution in [1.29, 1.82) is 5.26 Å². The van der Waals surface area contributed by atoms with Crippen LogP contribution in [0.3, 0.4) is 0 Å². The van der Waals surface area contributed by atoms with Gasteiger partial charge >= 0.3 is 0 Å². The molecule has 1 fully saturated rings. The zero-order valence-corrected chi connectivity index (χ0v) is 7.93. The van der Waals surface area contributed by atoms with Crippen LogP contribution in [0.5, 0.6) is 5.06 Å². The SMILES string of the molecule is N#Cc1csc(OC2CCNC2)c1. The Labute approximate surface area is 80.9 Å². The number of nitrogens with zero attached hydrogens (tertiary/aromatic N) is 1. The summed E-state index contributed by atoms with van der Waals surface area (Å²) in [7, 11) is 0. The first-order valence-electron chi connectivity index (χ1n) is 4.24. The third-order valence-corrected chi connectivity index (χ3v) is 2.82. The second kappa shape index (κ2) is 3.77. The van der Waals surface area contributed by atoms with Gasteiger partial charge in [-0.05, 0) is 13.0 Å². The van der Waals surface area contributed by atoms with Crippen LogP contribution in [0, 0.1) is 11.3 Å². The fraction of sp³-hybridized carbons (Fsp3) is 0.444. The Hall–Kier alpha value is -1.05. The van der Waals surface area contributed by atoms with Gasteiger partial charge in [-0.1, -0.05) is 0 Å². The quantitative estimate of drug-likeness (QED) is 0.773. The lowest BCUT2D eigenvalue weighted by atomic mass is 10.3. The average molecular weight is 194 g/mol. The van der Waals surface area contributed by atoms with Crippen LogP contribution in [-0.2, 0) is 0 Å². The minimum absolute atomic E-state index is 0.283. The van der Waals surface area contributed by atoms with Gasteiger partial charge in [-0.25, -0.2) is 0 Å². The third kappa shape index (κ3) is 2.00. The summed E-state index contributed by atoms with van der Waals surface area (Å²) in [5.74, 6) is 0. The van der Waals surface area contributed by atoms with E-state index < -0.39 is 0 Å². The van der Waals surface area contributed by atoms with Gasteiger partial charge in [-0.2, -0.15) is 5.26 Å². The van der Waals surface area contributed by atoms with Gasteiger partial charge in [-0.3, -0.25) is 0 Å². The summed E-state index contributed by atoms with van der Waals surface area (Å²) < 4.78 is 5.66. The van der Waals surface area contributed by atoms with Crippen molar-refractivity contribution in [2.75, 3.05) is 13.1 Å². The molecule has 1 saturated heterocycles. The smallest absolute Gasteiger partial charge is 0.175 e. The van der Waals surface area contributed by atoms with E-state index in [1.165, 1.54) is 11.3 Å². The number of ether oxygens (including phenoxy) is 1. The number of nitrogens with one attached hydrogen (secondary N) is 1. The number of hydrogen-bond acceptors (Lipinski definition) is 4. The van der Waals surface area contributed by atoms with Gasteiger partial charge in [0.15, 0.2) is 5.06 Å². The lowest BCUT2D eigenvalue weighted by molar-refractivity contribution is 0.230. The Bertz CT molecular complexity index is 323. The Balaban J connectivity index is 1.97. The van der Waals surface area contributed by atoms with Crippen LogP contribution in [0.2, 0.25) is 0 Å². The zero-order chi connectivity index (χ0) is 9.10. The van der Waals surface area contributed by atoms with Crippen molar-refractivity contribution in [3.63, 3.8) is 0 Å². The van der Waals surface area contributed by atoms with Crippen molar-refractivity contribution in [3.05, 3.63) is 17.0 Å². The predicted octanol–water partition coefficient (Wildman–Crippen LogP) is 1.36. The molecule has 1 aromatic heterocycles. The molecule has 0 radical (unpaired) electrons. The Morgan fingerprint density at radius 1 is 1.69 bits per heavy atom. The Kier molecular flexibility index (Phi) is 2.48. The van der Waals surface area contributed by atoms with Gasteiger partial charge in [0.05, 0.1) is 5.56 Å². The summed E-state index contributed by atoms with van der Waals surface area (Å²) in [6.07, 6.45) is 1.34. The summed E-state index contributed by atoms with van der Waals surface area (Å²) in [5.41, 5.74) is 0.686. The van der Waals surface area contributed by atoms with Crippen LogP contribution in [-0.4, -0.2) is 19.2 Å². The molecule has 0 bridgehead atoms. The standard InChI is InChI=1S/C9H10N2OS/c10-4-7-3-9(13-6-7)12-8-1-2-11-5-8/h3,6,8,11H,1-2,5H2. The highest BCUT2D eigenvalue weighted by Gasteiger charge is 2.16. The molecular weight excluding hydrogens is 184 g/mol. The molecule has 4 heteroatoms. The summed E-state index contributed by atoms with van der Waals surface area (Å²) in [6.45, 7) is 1.95. The van der Waals surface area contributed by atoms with Gasteiger partial charge in [0, 0.05) is 18.0 Å². The Morgan fingerprint density at radius 2 is 2.62 bits per heavy atom. The zero-order valence-electron chi connectivity index (χ0n) is 7.12. The lowest BCUT2D eigenvalue weighted by Crippen LogP contribution is -2.18. The molecule has 0 saturated carbocycles. The third-order valence-electron chi connectivity index (χ3n) is 2.00. The molecule has 0 amide bonds. The highest BCUT2D eigenvalue weighted by Crippen LogP contribution is 2.24. The van der Waals surface area contributed by atoms with Crippen molar-refractivity contribution < 1.29 is 4.74 Å². The number of thiophene rings is 1. The van der Waals surface area contributed by atoms with E-state index >= 15 is 0 Å². The minimum atomic E-state index is 0.283. The molecule has 2 heterocycles. The van der Waals surface area contributed by atoms with Crippen LogP contribution in [0.15, 0.2) is 11.4 Å². The molecule has 1 aromatic rings. The number of hydrogen-bond donors (Lipinski definition) is 1. The fourth-order valence-corrected chi connectivity index (χ4v) is 2.08. The van der Waals surface area contributed by atoms with Crippen molar-refractivity contribution in [2.45, 2.75) is 12.5 Å². The van der Waals surface area contributed by atoms with Gasteiger partial charge in [-0.15, -0.1) is 11.3 Å². The van der Waals surface area contributed by atoms with Crippen LogP contribution in [0.4, 0.5) is 0 Å². The first kappa shape index (κ1) is 8.54. The molecule has 0 aliphatic carbocycles. The summed E-state index contributed by atoms with van der Waals surface area (Å²) in [5, 5.41) is 14.5. The van der Waals surface area contributed by atoms with E-state index in [2.05, 4.69) is 11.4 Å². The molecule has 13 heavy (non-hydrogen) atoms. The molecule has 1 unspecified atom stereocenters. The van der Waals surface area contributed by atoms with Gasteiger partial charge < -0.3 is 10.1 Å². The lowest BCUT2D eigenvalue weighted by Gasteiger charge is -2.08. The monoisotopic (exact) mass is 194 g/mol. The normalized spacial score (nSPS) is 21.3. The Morgan fingerprint density at radius 3 is 3.23 bits per heavy atom. The molecule has 1 aliphatic heterocycles. The van der Waals surface area contributed by atoms with E-state index in [0.717, 1.165) is 24.6 Å². The van der Waals surface area contributed by atoms with E-state index in [0.29, 0.717) is 5.56 Å². The van der Waals surface area contributed by atoms with Crippen LogP contribution < -0.4 is 10.1 Å². The summed E-state index contributed by atoms with van der Waals surface area (Å²) >= 11 is 1.49. The van der Waals surface area contributed by atoms with Crippen molar-refractivity contribution >= 4 is 11.3 Å². The average Bonchev–Trinajstić information content (AvgIpc) is 2.76. The van der Waals surface area contributed by atoms with E-state index in [4.69, 9.17) is 10.00 Å². The van der Waals surface area contributed by atoms with Crippen molar-refractivity contribution in [2.24, 2.45) is 0 Å². The van der Waals surface area contributed by atoms with Crippen LogP contribution in [0.25, 0.3) is 0 Å². The largest absolute Gasteiger partial charge is 0.479 e. The molecular formula is C9H10N2OS. The molecule has 1 aliphatic rings. The predicted molar refractivity (Wildman–Crippen MR) is 50.9 cm³/mol. The molecule has 1 atom stereocenters. The molecule has 68 valence electrons. The van der Waals surface area contributed by atoms with Crippen LogP contribution in [0.1, 0.15) is 12.0 Å². The molecule has 3 nitrogen and oxygen atoms in total. The maximum absolute atomic E-state index is 8.60. The fourth-order valence-electron chi connectivity index (χ4n) is 1.33. The first-order valence-corrected chi connectivity index (χ1v) is 5.12. The number of rotatable bonds is 2. The maximum atomic E-state index is 8.60. The van der Waals surface area contributed by atoms with Gasteiger partial charge in [0.25, 0.3) is 0 Å². The van der Waals surface area contributed by atoms with E-state index in [-0.39, 0.29) is 6.10 Å². The first-order chi connectivity index (χ1) is 6.38. The maximum Gasteiger partial charge on any atom is 0.175 e. The molecule has 0 aromatic carbocycles. The number of nitriles is 1. The van der Waals surface area contributed by atoms with E-state index in [1.807, 2.05) is 5.38 Å². The topological polar surface area (TPSA) is 45.0 Å². The highest BCUT2D eigenvalue weighted by atomic mass is 32.1. The van der Waals surface area contributed by atoms with Crippen molar-refractivity contribution in [1.82, 2.24) is 5.32 Å². The minimum Gasteiger partial charge on any atom is -0.479 e. The molecule has 0 spiro atoms. The van der Waals surface area contributed by atoms with Crippen molar-refractivity contribution in [3.8, 4) is 11.1 Å². The summed E-state index contributed by atoms with van der Waals surface area (Å²) in [4.78, 5) is 0. The molecule has 2 rings (SSSR count). The second-order valence-electron chi connectivity index (χ2n) is 3.00. The van der Waals surface area contributed by atoms with Gasteiger partial charge in [0.2, 0.25) is 0 Å². The molecule has 1 N–H and O–H groups in total. The van der Waals surface area contributed by atoms with Crippen LogP contribution >= 0.6 is 11.3 Å². The van der Waals surface area contributed by atoms with E-state index in [9.17, 15) is 0 Å². The van der Waals surface area contributed by atoms with E-state index in [1.54, 1.807) is 6.07 Å². The van der Waals surface area contributed by atoms with Gasteiger partial charge in [0.1, 0.15) is 12.2 Å². The summed E-state index contributed by atoms with van der Waals surface area (Å²) in [6, 6.07) is 3.88. The highest BCUT2D eigenvalue weighted by molar-refractivity contribution is 7.12. The second-order valence-corrected chi connectivity index (χ2v) is 3.87.